The molecule has 0 aliphatic carbocycles. The molecule has 0 spiro atoms. The van der Waals surface area contributed by atoms with Crippen LogP contribution in [0.15, 0.2) is 24.3 Å². The highest BCUT2D eigenvalue weighted by molar-refractivity contribution is 8.08. The number of rotatable bonds is 1. The Hall–Kier alpha value is -0.650. The summed E-state index contributed by atoms with van der Waals surface area (Å²) in [6, 6.07) is 6.88. The number of amides is 2. The first kappa shape index (κ1) is 12.4. The van der Waals surface area contributed by atoms with Crippen molar-refractivity contribution in [3.8, 4) is 0 Å². The number of carbonyl (C=O) groups is 2. The van der Waals surface area contributed by atoms with Crippen molar-refractivity contribution in [2.24, 2.45) is 0 Å². The largest absolute Gasteiger partial charge is 0.273 e. The van der Waals surface area contributed by atoms with E-state index in [2.05, 4.69) is 0 Å². The number of imide groups is 1. The van der Waals surface area contributed by atoms with E-state index in [0.29, 0.717) is 10.7 Å². The predicted molar refractivity (Wildman–Crippen MR) is 76.4 cm³/mol. The van der Waals surface area contributed by atoms with Crippen LogP contribution in [0, 0.1) is 0 Å². The van der Waals surface area contributed by atoms with Crippen LogP contribution in [0.4, 0.5) is 5.69 Å². The highest BCUT2D eigenvalue weighted by atomic mass is 35.5. The van der Waals surface area contributed by atoms with E-state index >= 15 is 0 Å². The van der Waals surface area contributed by atoms with E-state index in [1.807, 2.05) is 0 Å². The molecular formula is C12H10ClNO2S2. The van der Waals surface area contributed by atoms with Crippen LogP contribution in [0.1, 0.15) is 0 Å². The average molecular weight is 300 g/mol. The molecule has 1 aromatic rings. The Labute approximate surface area is 118 Å². The minimum atomic E-state index is -0.227. The van der Waals surface area contributed by atoms with Gasteiger partial charge in [-0.3, -0.25) is 9.59 Å². The van der Waals surface area contributed by atoms with E-state index in [9.17, 15) is 9.59 Å². The predicted octanol–water partition coefficient (Wildman–Crippen LogP) is 2.43. The topological polar surface area (TPSA) is 37.4 Å². The van der Waals surface area contributed by atoms with Gasteiger partial charge in [0.15, 0.2) is 0 Å². The van der Waals surface area contributed by atoms with E-state index in [1.165, 1.54) is 4.90 Å². The molecule has 94 valence electrons. The summed E-state index contributed by atoms with van der Waals surface area (Å²) in [7, 11) is 0. The third-order valence-electron chi connectivity index (χ3n) is 2.95. The van der Waals surface area contributed by atoms with Gasteiger partial charge in [0.1, 0.15) is 10.5 Å². The quantitative estimate of drug-likeness (QED) is 0.747. The van der Waals surface area contributed by atoms with Crippen molar-refractivity contribution in [3.63, 3.8) is 0 Å². The maximum Gasteiger partial charge on any atom is 0.248 e. The molecule has 3 nitrogen and oxygen atoms in total. The van der Waals surface area contributed by atoms with Gasteiger partial charge in [-0.05, 0) is 18.2 Å². The minimum Gasteiger partial charge on any atom is -0.273 e. The van der Waals surface area contributed by atoms with E-state index < -0.39 is 0 Å². The summed E-state index contributed by atoms with van der Waals surface area (Å²) in [5.41, 5.74) is 0.577. The summed E-state index contributed by atoms with van der Waals surface area (Å²) in [6.45, 7) is 0. The van der Waals surface area contributed by atoms with E-state index in [4.69, 9.17) is 11.6 Å². The maximum absolute atomic E-state index is 12.3. The maximum atomic E-state index is 12.3. The summed E-state index contributed by atoms with van der Waals surface area (Å²) in [4.78, 5) is 25.9. The van der Waals surface area contributed by atoms with Crippen molar-refractivity contribution in [3.05, 3.63) is 29.3 Å². The van der Waals surface area contributed by atoms with Gasteiger partial charge in [0.05, 0.1) is 5.69 Å². The molecule has 2 fully saturated rings. The number of fused-ring (bicyclic) bond motifs is 1. The normalized spacial score (nSPS) is 27.5. The van der Waals surface area contributed by atoms with Crippen molar-refractivity contribution in [1.29, 1.82) is 0 Å². The summed E-state index contributed by atoms with van der Waals surface area (Å²) in [5, 5.41) is 0.0775. The first-order valence-electron chi connectivity index (χ1n) is 5.55. The van der Waals surface area contributed by atoms with E-state index in [0.717, 1.165) is 11.5 Å². The molecule has 2 atom stereocenters. The van der Waals surface area contributed by atoms with Crippen molar-refractivity contribution in [1.82, 2.24) is 0 Å². The number of hydrogen-bond acceptors (Lipinski definition) is 4. The van der Waals surface area contributed by atoms with Gasteiger partial charge in [-0.2, -0.15) is 0 Å². The smallest absolute Gasteiger partial charge is 0.248 e. The van der Waals surface area contributed by atoms with Gasteiger partial charge in [-0.1, -0.05) is 17.7 Å². The van der Waals surface area contributed by atoms with Gasteiger partial charge in [0, 0.05) is 16.5 Å². The molecule has 1 aromatic carbocycles. The fraction of sp³-hybridized carbons (Fsp3) is 0.333. The second-order valence-corrected chi connectivity index (χ2v) is 7.01. The van der Waals surface area contributed by atoms with Crippen LogP contribution in [0.25, 0.3) is 0 Å². The van der Waals surface area contributed by atoms with Crippen LogP contribution in [-0.2, 0) is 9.59 Å². The standard InChI is InChI=1S/C12H10ClNO2S2/c13-7-2-1-3-8(6-7)14-11(15)9-10(12(14)16)18-5-4-17-9/h1-3,6,9-10H,4-5H2. The molecule has 6 heteroatoms. The van der Waals surface area contributed by atoms with Crippen LogP contribution >= 0.6 is 35.1 Å². The Morgan fingerprint density at radius 3 is 2.28 bits per heavy atom. The summed E-state index contributed by atoms with van der Waals surface area (Å²) < 4.78 is 0. The number of benzene rings is 1. The zero-order valence-electron chi connectivity index (χ0n) is 9.34. The highest BCUT2D eigenvalue weighted by Crippen LogP contribution is 2.40. The lowest BCUT2D eigenvalue weighted by atomic mass is 10.3. The summed E-state index contributed by atoms with van der Waals surface area (Å²) in [6.07, 6.45) is 0. The third-order valence-corrected chi connectivity index (χ3v) is 6.16. The van der Waals surface area contributed by atoms with Gasteiger partial charge >= 0.3 is 0 Å². The van der Waals surface area contributed by atoms with E-state index in [-0.39, 0.29) is 22.3 Å². The Morgan fingerprint density at radius 1 is 1.11 bits per heavy atom. The molecule has 0 aromatic heterocycles. The molecule has 2 aliphatic heterocycles. The molecule has 3 rings (SSSR count). The molecule has 0 bridgehead atoms. The molecule has 2 aliphatic rings. The molecule has 2 amide bonds. The lowest BCUT2D eigenvalue weighted by molar-refractivity contribution is -0.121. The zero-order valence-corrected chi connectivity index (χ0v) is 11.7. The number of halogens is 1. The zero-order chi connectivity index (χ0) is 12.7. The molecule has 0 radical (unpaired) electrons. The van der Waals surface area contributed by atoms with Crippen LogP contribution in [0.5, 0.6) is 0 Å². The van der Waals surface area contributed by atoms with Crippen LogP contribution < -0.4 is 4.90 Å². The average Bonchev–Trinajstić information content (AvgIpc) is 2.63. The molecule has 18 heavy (non-hydrogen) atoms. The van der Waals surface area contributed by atoms with Crippen molar-refractivity contribution in [2.75, 3.05) is 16.4 Å². The second-order valence-electron chi connectivity index (χ2n) is 4.07. The lowest BCUT2D eigenvalue weighted by Gasteiger charge is -2.19. The van der Waals surface area contributed by atoms with Crippen molar-refractivity contribution < 1.29 is 9.59 Å². The number of thioether (sulfide) groups is 2. The minimum absolute atomic E-state index is 0.107. The second kappa shape index (κ2) is 4.79. The van der Waals surface area contributed by atoms with E-state index in [1.54, 1.807) is 47.8 Å². The van der Waals surface area contributed by atoms with Crippen LogP contribution in [-0.4, -0.2) is 33.8 Å². The van der Waals surface area contributed by atoms with Crippen molar-refractivity contribution in [2.45, 2.75) is 10.5 Å². The Morgan fingerprint density at radius 2 is 1.72 bits per heavy atom. The van der Waals surface area contributed by atoms with Gasteiger partial charge in [0.2, 0.25) is 11.8 Å². The molecular weight excluding hydrogens is 290 g/mol. The van der Waals surface area contributed by atoms with Gasteiger partial charge in [-0.25, -0.2) is 4.90 Å². The summed E-state index contributed by atoms with van der Waals surface area (Å²) in [5.74, 6) is 1.64. The highest BCUT2D eigenvalue weighted by Gasteiger charge is 2.50. The fourth-order valence-corrected chi connectivity index (χ4v) is 5.17. The third kappa shape index (κ3) is 1.94. The lowest BCUT2D eigenvalue weighted by Crippen LogP contribution is -2.31. The first-order chi connectivity index (χ1) is 8.68. The Bertz CT molecular complexity index is 499. The number of anilines is 1. The van der Waals surface area contributed by atoms with Crippen LogP contribution in [0.3, 0.4) is 0 Å². The van der Waals surface area contributed by atoms with Crippen molar-refractivity contribution >= 4 is 52.6 Å². The summed E-state index contributed by atoms with van der Waals surface area (Å²) >= 11 is 9.08. The van der Waals surface area contributed by atoms with Crippen LogP contribution in [0.2, 0.25) is 5.02 Å². The van der Waals surface area contributed by atoms with Gasteiger partial charge in [0.25, 0.3) is 0 Å². The first-order valence-corrected chi connectivity index (χ1v) is 8.02. The molecule has 2 saturated heterocycles. The number of carbonyl (C=O) groups excluding carboxylic acids is 2. The monoisotopic (exact) mass is 299 g/mol. The molecule has 0 saturated carbocycles. The molecule has 0 N–H and O–H groups in total. The number of hydrogen-bond donors (Lipinski definition) is 0. The SMILES string of the molecule is O=C1C2SCCSC2C(=O)N1c1cccc(Cl)c1. The fourth-order valence-electron chi connectivity index (χ4n) is 2.16. The van der Waals surface area contributed by atoms with Gasteiger partial charge in [-0.15, -0.1) is 23.5 Å². The Balaban J connectivity index is 1.97. The Kier molecular flexibility index (Phi) is 3.30. The molecule has 2 unspecified atom stereocenters. The number of nitrogens with zero attached hydrogens (tertiary/aromatic N) is 1. The van der Waals surface area contributed by atoms with Gasteiger partial charge < -0.3 is 0 Å². The molecule has 2 heterocycles.